The molecule has 5 heteroatoms. The second-order valence-corrected chi connectivity index (χ2v) is 12.3. The number of rotatable bonds is 4. The lowest BCUT2D eigenvalue weighted by atomic mass is 9.96. The monoisotopic (exact) mass is 625 g/mol. The summed E-state index contributed by atoms with van der Waals surface area (Å²) >= 11 is 0. The molecule has 0 N–H and O–H groups in total. The number of para-hydroxylation sites is 2. The lowest BCUT2D eigenvalue weighted by Gasteiger charge is -2.13. The van der Waals surface area contributed by atoms with E-state index in [4.69, 9.17) is 19.9 Å². The third-order valence-electron chi connectivity index (χ3n) is 9.53. The summed E-state index contributed by atoms with van der Waals surface area (Å²) < 4.78 is 2.16. The molecule has 0 aliphatic rings. The highest BCUT2D eigenvalue weighted by Crippen LogP contribution is 2.38. The van der Waals surface area contributed by atoms with E-state index < -0.39 is 0 Å². The van der Waals surface area contributed by atoms with Crippen LogP contribution in [0.25, 0.3) is 94.0 Å². The zero-order valence-corrected chi connectivity index (χ0v) is 26.3. The van der Waals surface area contributed by atoms with Gasteiger partial charge in [-0.3, -0.25) is 4.57 Å². The highest BCUT2D eigenvalue weighted by atomic mass is 15.2. The molecule has 7 aromatic carbocycles. The SMILES string of the molecule is c1ccc(-c2ccc(-c3ncc4c5cc(-c6ccccc6)ccc5c5cnc(-n6c7ccccc7c7ccccc76)nc5c4n3)cc2)cc1. The Balaban J connectivity index is 1.24. The molecule has 10 rings (SSSR count). The van der Waals surface area contributed by atoms with E-state index in [9.17, 15) is 0 Å². The Kier molecular flexibility index (Phi) is 6.11. The summed E-state index contributed by atoms with van der Waals surface area (Å²) in [6, 6.07) is 52.8. The third-order valence-corrected chi connectivity index (χ3v) is 9.53. The number of nitrogens with zero attached hydrogens (tertiary/aromatic N) is 5. The van der Waals surface area contributed by atoms with Gasteiger partial charge in [0.2, 0.25) is 5.95 Å². The van der Waals surface area contributed by atoms with Crippen LogP contribution in [0.5, 0.6) is 0 Å². The molecule has 0 aliphatic heterocycles. The van der Waals surface area contributed by atoms with Gasteiger partial charge in [0.15, 0.2) is 5.82 Å². The Morgan fingerprint density at radius 2 is 0.857 bits per heavy atom. The summed E-state index contributed by atoms with van der Waals surface area (Å²) in [6.45, 7) is 0. The molecule has 10 aromatic rings. The van der Waals surface area contributed by atoms with Gasteiger partial charge in [0.1, 0.15) is 11.0 Å². The van der Waals surface area contributed by atoms with Gasteiger partial charge in [-0.05, 0) is 51.2 Å². The van der Waals surface area contributed by atoms with E-state index in [-0.39, 0.29) is 0 Å². The van der Waals surface area contributed by atoms with Gasteiger partial charge in [-0.1, -0.05) is 133 Å². The van der Waals surface area contributed by atoms with Gasteiger partial charge in [-0.2, -0.15) is 0 Å². The van der Waals surface area contributed by atoms with Gasteiger partial charge in [-0.15, -0.1) is 0 Å². The molecule has 49 heavy (non-hydrogen) atoms. The van der Waals surface area contributed by atoms with Crippen molar-refractivity contribution >= 4 is 54.4 Å². The molecule has 228 valence electrons. The van der Waals surface area contributed by atoms with Crippen molar-refractivity contribution in [2.24, 2.45) is 0 Å². The molecule has 0 unspecified atom stereocenters. The Morgan fingerprint density at radius 3 is 1.55 bits per heavy atom. The fraction of sp³-hybridized carbons (Fsp3) is 0. The summed E-state index contributed by atoms with van der Waals surface area (Å²) in [7, 11) is 0. The molecule has 5 nitrogen and oxygen atoms in total. The molecule has 0 saturated heterocycles. The minimum absolute atomic E-state index is 0.610. The lowest BCUT2D eigenvalue weighted by molar-refractivity contribution is 1.01. The summed E-state index contributed by atoms with van der Waals surface area (Å²) in [5.74, 6) is 1.27. The maximum Gasteiger partial charge on any atom is 0.235 e. The highest BCUT2D eigenvalue weighted by molar-refractivity contribution is 6.23. The number of aromatic nitrogens is 5. The fourth-order valence-electron chi connectivity index (χ4n) is 7.15. The third kappa shape index (κ3) is 4.40. The predicted octanol–water partition coefficient (Wildman–Crippen LogP) is 10.8. The molecule has 3 aromatic heterocycles. The van der Waals surface area contributed by atoms with Crippen molar-refractivity contribution in [3.63, 3.8) is 0 Å². The first-order valence-electron chi connectivity index (χ1n) is 16.4. The fourth-order valence-corrected chi connectivity index (χ4v) is 7.15. The van der Waals surface area contributed by atoms with Crippen molar-refractivity contribution in [2.75, 3.05) is 0 Å². The molecule has 3 heterocycles. The normalized spacial score (nSPS) is 11.7. The molecule has 0 saturated carbocycles. The lowest BCUT2D eigenvalue weighted by Crippen LogP contribution is -2.02. The second-order valence-electron chi connectivity index (χ2n) is 12.3. The maximum atomic E-state index is 5.33. The number of hydrogen-bond acceptors (Lipinski definition) is 4. The van der Waals surface area contributed by atoms with Gasteiger partial charge in [0.05, 0.1) is 11.0 Å². The van der Waals surface area contributed by atoms with Crippen LogP contribution in [0.15, 0.2) is 164 Å². The van der Waals surface area contributed by atoms with Crippen molar-refractivity contribution in [1.29, 1.82) is 0 Å². The van der Waals surface area contributed by atoms with Crippen molar-refractivity contribution in [1.82, 2.24) is 24.5 Å². The van der Waals surface area contributed by atoms with E-state index in [0.29, 0.717) is 11.8 Å². The van der Waals surface area contributed by atoms with Crippen LogP contribution in [-0.2, 0) is 0 Å². The van der Waals surface area contributed by atoms with Crippen LogP contribution in [0.2, 0.25) is 0 Å². The Morgan fingerprint density at radius 1 is 0.347 bits per heavy atom. The van der Waals surface area contributed by atoms with Crippen LogP contribution in [0.3, 0.4) is 0 Å². The zero-order valence-electron chi connectivity index (χ0n) is 26.3. The minimum Gasteiger partial charge on any atom is -0.278 e. The first-order valence-corrected chi connectivity index (χ1v) is 16.4. The largest absolute Gasteiger partial charge is 0.278 e. The highest BCUT2D eigenvalue weighted by Gasteiger charge is 2.18. The van der Waals surface area contributed by atoms with Crippen molar-refractivity contribution < 1.29 is 0 Å². The molecule has 0 fully saturated rings. The Hall–Kier alpha value is -6.72. The Labute approximate surface area is 281 Å². The molecule has 0 radical (unpaired) electrons. The molecular weight excluding hydrogens is 599 g/mol. The van der Waals surface area contributed by atoms with E-state index in [2.05, 4.69) is 144 Å². The van der Waals surface area contributed by atoms with Crippen LogP contribution < -0.4 is 0 Å². The van der Waals surface area contributed by atoms with E-state index in [1.54, 1.807) is 0 Å². The first-order chi connectivity index (χ1) is 24.3. The van der Waals surface area contributed by atoms with Crippen LogP contribution in [0.4, 0.5) is 0 Å². The molecule has 0 bridgehead atoms. The van der Waals surface area contributed by atoms with Crippen LogP contribution in [0, 0.1) is 0 Å². The van der Waals surface area contributed by atoms with Gasteiger partial charge < -0.3 is 0 Å². The van der Waals surface area contributed by atoms with Crippen LogP contribution in [0.1, 0.15) is 0 Å². The maximum absolute atomic E-state index is 5.33. The smallest absolute Gasteiger partial charge is 0.235 e. The van der Waals surface area contributed by atoms with Gasteiger partial charge >= 0.3 is 0 Å². The summed E-state index contributed by atoms with van der Waals surface area (Å²) in [4.78, 5) is 20.5. The number of hydrogen-bond donors (Lipinski definition) is 0. The molecule has 0 atom stereocenters. The predicted molar refractivity (Wildman–Crippen MR) is 201 cm³/mol. The Bertz CT molecular complexity index is 2810. The van der Waals surface area contributed by atoms with Gasteiger partial charge in [-0.25, -0.2) is 19.9 Å². The van der Waals surface area contributed by atoms with Gasteiger partial charge in [0, 0.05) is 39.5 Å². The topological polar surface area (TPSA) is 56.5 Å². The van der Waals surface area contributed by atoms with Crippen molar-refractivity contribution in [2.45, 2.75) is 0 Å². The molecule has 0 spiro atoms. The second kappa shape index (κ2) is 10.9. The van der Waals surface area contributed by atoms with Crippen molar-refractivity contribution in [3.05, 3.63) is 164 Å². The zero-order chi connectivity index (χ0) is 32.3. The first kappa shape index (κ1) is 27.4. The quantitative estimate of drug-likeness (QED) is 0.183. The van der Waals surface area contributed by atoms with Gasteiger partial charge in [0.25, 0.3) is 0 Å². The number of benzene rings is 7. The van der Waals surface area contributed by atoms with Crippen molar-refractivity contribution in [3.8, 4) is 39.6 Å². The minimum atomic E-state index is 0.610. The van der Waals surface area contributed by atoms with E-state index >= 15 is 0 Å². The molecule has 0 aliphatic carbocycles. The van der Waals surface area contributed by atoms with Crippen LogP contribution >= 0.6 is 0 Å². The molecule has 0 amide bonds. The average Bonchev–Trinajstić information content (AvgIpc) is 3.52. The summed E-state index contributed by atoms with van der Waals surface area (Å²) in [5, 5.41) is 6.39. The molecular formula is C44H27N5. The van der Waals surface area contributed by atoms with E-state index in [0.717, 1.165) is 65.9 Å². The van der Waals surface area contributed by atoms with Crippen LogP contribution in [-0.4, -0.2) is 24.5 Å². The summed E-state index contributed by atoms with van der Waals surface area (Å²) in [5.41, 5.74) is 9.30. The van der Waals surface area contributed by atoms with E-state index in [1.165, 1.54) is 16.3 Å². The standard InChI is InChI=1S/C44H27N5/c1-3-11-28(12-4-1)30-19-21-31(22-20-30)43-45-26-38-36-25-32(29-13-5-2-6-14-29)23-24-33(36)37-27-46-44(48-42(37)41(38)47-43)49-39-17-9-7-15-34(39)35-16-8-10-18-40(35)49/h1-27H. The summed E-state index contributed by atoms with van der Waals surface area (Å²) in [6.07, 6.45) is 3.92. The van der Waals surface area contributed by atoms with E-state index in [1.807, 2.05) is 24.5 Å². The number of fused-ring (bicyclic) bond motifs is 9. The average molecular weight is 626 g/mol.